The van der Waals surface area contributed by atoms with Crippen LogP contribution in [-0.4, -0.2) is 6.54 Å². The number of hydrogen-bond acceptors (Lipinski definition) is 2. The van der Waals surface area contributed by atoms with E-state index in [1.807, 2.05) is 12.1 Å². The third kappa shape index (κ3) is 5.24. The molecule has 0 heterocycles. The van der Waals surface area contributed by atoms with Crippen molar-refractivity contribution in [1.82, 2.24) is 5.32 Å². The van der Waals surface area contributed by atoms with Crippen molar-refractivity contribution in [3.63, 3.8) is 0 Å². The maximum atomic E-state index is 5.77. The summed E-state index contributed by atoms with van der Waals surface area (Å²) in [7, 11) is 0. The molecule has 0 saturated heterocycles. The second-order valence-electron chi connectivity index (χ2n) is 4.70. The van der Waals surface area contributed by atoms with Crippen LogP contribution in [0.1, 0.15) is 23.6 Å². The molecular weight excluding hydrogens is 270 g/mol. The van der Waals surface area contributed by atoms with Gasteiger partial charge in [0.15, 0.2) is 0 Å². The van der Waals surface area contributed by atoms with E-state index in [2.05, 4.69) is 55.6 Å². The fourth-order valence-electron chi connectivity index (χ4n) is 1.82. The van der Waals surface area contributed by atoms with Crippen molar-refractivity contribution in [2.24, 2.45) is 0 Å². The van der Waals surface area contributed by atoms with E-state index in [0.29, 0.717) is 6.61 Å². The van der Waals surface area contributed by atoms with E-state index in [9.17, 15) is 0 Å². The Morgan fingerprint density at radius 1 is 0.900 bits per heavy atom. The van der Waals surface area contributed by atoms with Gasteiger partial charge in [-0.2, -0.15) is 0 Å². The summed E-state index contributed by atoms with van der Waals surface area (Å²) in [5.74, 6) is 0.917. The average Bonchev–Trinajstić information content (AvgIpc) is 2.46. The number of aryl methyl sites for hydroxylation is 1. The SMILES string of the molecule is CCNCc1ccc(OCc2ccc(C)cc2)cc1.[Cl-]. The van der Waals surface area contributed by atoms with Gasteiger partial charge in [0.25, 0.3) is 0 Å². The van der Waals surface area contributed by atoms with Gasteiger partial charge in [0.2, 0.25) is 0 Å². The molecule has 2 nitrogen and oxygen atoms in total. The predicted molar refractivity (Wildman–Crippen MR) is 79.3 cm³/mol. The number of halogens is 1. The lowest BCUT2D eigenvalue weighted by Crippen LogP contribution is -3.00. The first kappa shape index (κ1) is 16.5. The largest absolute Gasteiger partial charge is 1.00 e. The molecule has 0 bridgehead atoms. The summed E-state index contributed by atoms with van der Waals surface area (Å²) in [5, 5.41) is 3.31. The van der Waals surface area contributed by atoms with Gasteiger partial charge in [-0.15, -0.1) is 0 Å². The Hall–Kier alpha value is -1.51. The molecule has 0 saturated carbocycles. The van der Waals surface area contributed by atoms with E-state index in [1.54, 1.807) is 0 Å². The molecule has 2 aromatic carbocycles. The normalized spacial score (nSPS) is 9.90. The Labute approximate surface area is 127 Å². The van der Waals surface area contributed by atoms with Gasteiger partial charge < -0.3 is 22.5 Å². The molecule has 0 radical (unpaired) electrons. The van der Waals surface area contributed by atoms with Gasteiger partial charge in [0.1, 0.15) is 12.4 Å². The second kappa shape index (κ2) is 8.62. The van der Waals surface area contributed by atoms with Crippen LogP contribution in [0.2, 0.25) is 0 Å². The Balaban J connectivity index is 0.00000200. The number of hydrogen-bond donors (Lipinski definition) is 1. The fourth-order valence-corrected chi connectivity index (χ4v) is 1.82. The van der Waals surface area contributed by atoms with E-state index in [4.69, 9.17) is 4.74 Å². The lowest BCUT2D eigenvalue weighted by Gasteiger charge is -2.08. The zero-order valence-electron chi connectivity index (χ0n) is 12.0. The zero-order chi connectivity index (χ0) is 13.5. The molecule has 0 spiro atoms. The molecule has 3 heteroatoms. The van der Waals surface area contributed by atoms with Gasteiger partial charge >= 0.3 is 0 Å². The molecule has 0 fully saturated rings. The van der Waals surface area contributed by atoms with Crippen LogP contribution in [0.5, 0.6) is 5.75 Å². The lowest BCUT2D eigenvalue weighted by molar-refractivity contribution is -0.00000441. The highest BCUT2D eigenvalue weighted by atomic mass is 35.5. The van der Waals surface area contributed by atoms with E-state index in [1.165, 1.54) is 16.7 Å². The highest BCUT2D eigenvalue weighted by Gasteiger charge is 1.97. The van der Waals surface area contributed by atoms with Crippen molar-refractivity contribution < 1.29 is 17.1 Å². The van der Waals surface area contributed by atoms with Crippen molar-refractivity contribution >= 4 is 0 Å². The molecule has 20 heavy (non-hydrogen) atoms. The number of ether oxygens (including phenoxy) is 1. The standard InChI is InChI=1S/C17H21NO.ClH/c1-3-18-12-15-8-10-17(11-9-15)19-13-16-6-4-14(2)5-7-16;/h4-11,18H,3,12-13H2,1-2H3;1H/p-1. The lowest BCUT2D eigenvalue weighted by atomic mass is 10.2. The third-order valence-corrected chi connectivity index (χ3v) is 3.03. The van der Waals surface area contributed by atoms with Gasteiger partial charge in [0, 0.05) is 6.54 Å². The Morgan fingerprint density at radius 2 is 1.50 bits per heavy atom. The first-order chi connectivity index (χ1) is 9.28. The molecule has 0 atom stereocenters. The summed E-state index contributed by atoms with van der Waals surface area (Å²) in [6.07, 6.45) is 0. The minimum Gasteiger partial charge on any atom is -1.00 e. The first-order valence-electron chi connectivity index (χ1n) is 6.76. The average molecular weight is 291 g/mol. The topological polar surface area (TPSA) is 21.3 Å². The second-order valence-corrected chi connectivity index (χ2v) is 4.70. The molecular formula is C17H21ClNO-. The smallest absolute Gasteiger partial charge is 0.119 e. The fraction of sp³-hybridized carbons (Fsp3) is 0.294. The van der Waals surface area contributed by atoms with Crippen LogP contribution in [0.15, 0.2) is 48.5 Å². The minimum atomic E-state index is 0. The first-order valence-corrected chi connectivity index (χ1v) is 6.76. The minimum absolute atomic E-state index is 0. The Morgan fingerprint density at radius 3 is 2.10 bits per heavy atom. The highest BCUT2D eigenvalue weighted by Crippen LogP contribution is 2.14. The summed E-state index contributed by atoms with van der Waals surface area (Å²) in [4.78, 5) is 0. The maximum absolute atomic E-state index is 5.77. The van der Waals surface area contributed by atoms with E-state index in [-0.39, 0.29) is 12.4 Å². The van der Waals surface area contributed by atoms with Crippen LogP contribution in [0.3, 0.4) is 0 Å². The predicted octanol–water partition coefficient (Wildman–Crippen LogP) is 0.688. The zero-order valence-corrected chi connectivity index (χ0v) is 12.8. The van der Waals surface area contributed by atoms with E-state index < -0.39 is 0 Å². The Kier molecular flexibility index (Phi) is 7.13. The van der Waals surface area contributed by atoms with Crippen LogP contribution >= 0.6 is 0 Å². The van der Waals surface area contributed by atoms with Crippen LogP contribution in [0, 0.1) is 6.92 Å². The van der Waals surface area contributed by atoms with E-state index in [0.717, 1.165) is 18.8 Å². The quantitative estimate of drug-likeness (QED) is 0.845. The third-order valence-electron chi connectivity index (χ3n) is 3.03. The van der Waals surface area contributed by atoms with Gasteiger partial charge in [-0.3, -0.25) is 0 Å². The molecule has 0 aliphatic carbocycles. The van der Waals surface area contributed by atoms with Crippen LogP contribution in [0.25, 0.3) is 0 Å². The van der Waals surface area contributed by atoms with Crippen molar-refractivity contribution in [3.8, 4) is 5.75 Å². The van der Waals surface area contributed by atoms with Crippen molar-refractivity contribution in [2.75, 3.05) is 6.54 Å². The Bertz CT molecular complexity index is 493. The van der Waals surface area contributed by atoms with E-state index >= 15 is 0 Å². The molecule has 2 aromatic rings. The van der Waals surface area contributed by atoms with Crippen molar-refractivity contribution in [1.29, 1.82) is 0 Å². The van der Waals surface area contributed by atoms with Crippen molar-refractivity contribution in [3.05, 3.63) is 65.2 Å². The summed E-state index contributed by atoms with van der Waals surface area (Å²) in [6.45, 7) is 6.72. The van der Waals surface area contributed by atoms with Crippen molar-refractivity contribution in [2.45, 2.75) is 27.0 Å². The molecule has 0 aromatic heterocycles. The van der Waals surface area contributed by atoms with Gasteiger partial charge in [-0.25, -0.2) is 0 Å². The monoisotopic (exact) mass is 290 g/mol. The molecule has 0 aliphatic rings. The summed E-state index contributed by atoms with van der Waals surface area (Å²) >= 11 is 0. The van der Waals surface area contributed by atoms with Crippen LogP contribution in [-0.2, 0) is 13.2 Å². The number of nitrogens with one attached hydrogen (secondary N) is 1. The molecule has 2 rings (SSSR count). The molecule has 0 aliphatic heterocycles. The summed E-state index contributed by atoms with van der Waals surface area (Å²) < 4.78 is 5.77. The number of rotatable bonds is 6. The molecule has 1 N–H and O–H groups in total. The highest BCUT2D eigenvalue weighted by molar-refractivity contribution is 5.28. The van der Waals surface area contributed by atoms with Crippen LogP contribution in [0.4, 0.5) is 0 Å². The van der Waals surface area contributed by atoms with Gasteiger partial charge in [-0.05, 0) is 36.7 Å². The molecule has 108 valence electrons. The molecule has 0 amide bonds. The number of benzene rings is 2. The summed E-state index contributed by atoms with van der Waals surface area (Å²) in [5.41, 5.74) is 3.75. The summed E-state index contributed by atoms with van der Waals surface area (Å²) in [6, 6.07) is 16.7. The van der Waals surface area contributed by atoms with Gasteiger partial charge in [0.05, 0.1) is 0 Å². The van der Waals surface area contributed by atoms with Crippen LogP contribution < -0.4 is 22.5 Å². The van der Waals surface area contributed by atoms with Gasteiger partial charge in [-0.1, -0.05) is 48.9 Å². The molecule has 0 unspecified atom stereocenters. The maximum Gasteiger partial charge on any atom is 0.119 e.